The fourth-order valence-electron chi connectivity index (χ4n) is 2.29. The van der Waals surface area contributed by atoms with Gasteiger partial charge in [0, 0.05) is 17.9 Å². The minimum Gasteiger partial charge on any atom is -0.354 e. The fraction of sp³-hybridized carbons (Fsp3) is 0.353. The average molecular weight is 269 g/mol. The smallest absolute Gasteiger partial charge is 0.0600 e. The van der Waals surface area contributed by atoms with Crippen molar-refractivity contribution >= 4 is 11.4 Å². The van der Waals surface area contributed by atoms with Crippen LogP contribution in [0.15, 0.2) is 42.7 Å². The number of nitrogens with one attached hydrogen (secondary N) is 2. The molecule has 0 aliphatic rings. The summed E-state index contributed by atoms with van der Waals surface area (Å²) in [5.74, 6) is 0. The molecule has 0 bridgehead atoms. The highest BCUT2D eigenvalue weighted by Gasteiger charge is 2.07. The van der Waals surface area contributed by atoms with Crippen molar-refractivity contribution < 1.29 is 0 Å². The molecule has 0 aliphatic heterocycles. The van der Waals surface area contributed by atoms with Crippen LogP contribution < -0.4 is 10.6 Å². The first-order chi connectivity index (χ1) is 9.74. The number of aryl methyl sites for hydroxylation is 1. The first-order valence-corrected chi connectivity index (χ1v) is 7.25. The van der Waals surface area contributed by atoms with Crippen molar-refractivity contribution in [2.24, 2.45) is 0 Å². The molecule has 0 spiro atoms. The Morgan fingerprint density at radius 2 is 1.85 bits per heavy atom. The zero-order chi connectivity index (χ0) is 14.4. The van der Waals surface area contributed by atoms with Gasteiger partial charge >= 0.3 is 0 Å². The van der Waals surface area contributed by atoms with Crippen molar-refractivity contribution in [1.29, 1.82) is 0 Å². The van der Waals surface area contributed by atoms with Crippen LogP contribution in [0.5, 0.6) is 0 Å². The molecular formula is C17H23N3. The molecule has 1 heterocycles. The highest BCUT2D eigenvalue weighted by molar-refractivity contribution is 5.62. The maximum absolute atomic E-state index is 4.15. The summed E-state index contributed by atoms with van der Waals surface area (Å²) in [4.78, 5) is 4.15. The van der Waals surface area contributed by atoms with Gasteiger partial charge in [0.1, 0.15) is 0 Å². The van der Waals surface area contributed by atoms with Gasteiger partial charge in [-0.1, -0.05) is 26.0 Å². The fourth-order valence-corrected chi connectivity index (χ4v) is 2.29. The average Bonchev–Trinajstić information content (AvgIpc) is 2.48. The molecule has 1 unspecified atom stereocenters. The summed E-state index contributed by atoms with van der Waals surface area (Å²) in [6.07, 6.45) is 4.77. The number of anilines is 2. The van der Waals surface area contributed by atoms with E-state index in [1.165, 1.54) is 11.1 Å². The summed E-state index contributed by atoms with van der Waals surface area (Å²) in [6.45, 7) is 7.42. The van der Waals surface area contributed by atoms with Gasteiger partial charge in [-0.2, -0.15) is 0 Å². The third kappa shape index (κ3) is 3.58. The molecule has 1 aromatic carbocycles. The van der Waals surface area contributed by atoms with Gasteiger partial charge in [-0.25, -0.2) is 0 Å². The Balaban J connectivity index is 2.10. The lowest BCUT2D eigenvalue weighted by Gasteiger charge is -2.17. The third-order valence-electron chi connectivity index (χ3n) is 3.49. The van der Waals surface area contributed by atoms with Gasteiger partial charge < -0.3 is 10.6 Å². The van der Waals surface area contributed by atoms with Gasteiger partial charge in [-0.3, -0.25) is 4.98 Å². The lowest BCUT2D eigenvalue weighted by molar-refractivity contribution is 0.537. The number of pyridine rings is 1. The number of benzene rings is 1. The molecule has 3 heteroatoms. The molecular weight excluding hydrogens is 246 g/mol. The van der Waals surface area contributed by atoms with Crippen LogP contribution in [0.3, 0.4) is 0 Å². The van der Waals surface area contributed by atoms with E-state index < -0.39 is 0 Å². The number of nitrogens with zero attached hydrogens (tertiary/aromatic N) is 1. The Bertz CT molecular complexity index is 534. The second-order valence-electron chi connectivity index (χ2n) is 4.96. The van der Waals surface area contributed by atoms with Crippen molar-refractivity contribution in [2.75, 3.05) is 11.9 Å². The molecule has 2 aromatic rings. The molecule has 0 aliphatic carbocycles. The molecule has 0 saturated heterocycles. The third-order valence-corrected chi connectivity index (χ3v) is 3.49. The summed E-state index contributed by atoms with van der Waals surface area (Å²) in [7, 11) is 0. The molecule has 0 radical (unpaired) electrons. The van der Waals surface area contributed by atoms with E-state index in [4.69, 9.17) is 0 Å². The number of rotatable bonds is 6. The Kier molecular flexibility index (Phi) is 5.13. The molecule has 20 heavy (non-hydrogen) atoms. The lowest BCUT2D eigenvalue weighted by Crippen LogP contribution is -2.19. The highest BCUT2D eigenvalue weighted by atomic mass is 14.9. The van der Waals surface area contributed by atoms with E-state index in [0.29, 0.717) is 6.04 Å². The van der Waals surface area contributed by atoms with Gasteiger partial charge in [0.05, 0.1) is 11.9 Å². The van der Waals surface area contributed by atoms with Crippen molar-refractivity contribution in [3.05, 3.63) is 53.9 Å². The van der Waals surface area contributed by atoms with Crippen molar-refractivity contribution in [3.8, 4) is 0 Å². The van der Waals surface area contributed by atoms with Gasteiger partial charge in [0.25, 0.3) is 0 Å². The van der Waals surface area contributed by atoms with Crippen LogP contribution >= 0.6 is 0 Å². The van der Waals surface area contributed by atoms with Gasteiger partial charge in [0.2, 0.25) is 0 Å². The van der Waals surface area contributed by atoms with Crippen LogP contribution in [0.4, 0.5) is 11.4 Å². The quantitative estimate of drug-likeness (QED) is 0.825. The number of hydrogen-bond donors (Lipinski definition) is 2. The second-order valence-corrected chi connectivity index (χ2v) is 4.96. The van der Waals surface area contributed by atoms with Crippen LogP contribution in [0.2, 0.25) is 0 Å². The minimum atomic E-state index is 0.439. The Labute approximate surface area is 121 Å². The molecule has 0 saturated carbocycles. The van der Waals surface area contributed by atoms with Crippen LogP contribution in [-0.4, -0.2) is 11.5 Å². The van der Waals surface area contributed by atoms with Crippen LogP contribution in [0.1, 0.15) is 37.4 Å². The topological polar surface area (TPSA) is 37.0 Å². The van der Waals surface area contributed by atoms with E-state index in [9.17, 15) is 0 Å². The van der Waals surface area contributed by atoms with Crippen molar-refractivity contribution in [2.45, 2.75) is 33.2 Å². The minimum absolute atomic E-state index is 0.439. The van der Waals surface area contributed by atoms with Crippen molar-refractivity contribution in [1.82, 2.24) is 10.3 Å². The molecule has 106 valence electrons. The molecule has 1 aromatic heterocycles. The lowest BCUT2D eigenvalue weighted by atomic mass is 10.0. The number of hydrogen-bond acceptors (Lipinski definition) is 3. The maximum atomic E-state index is 4.15. The monoisotopic (exact) mass is 269 g/mol. The SMILES string of the molecule is CCNC(CC)c1ccc(Nc2cnccc2C)cc1. The maximum Gasteiger partial charge on any atom is 0.0600 e. The molecule has 3 nitrogen and oxygen atoms in total. The second kappa shape index (κ2) is 7.06. The standard InChI is InChI=1S/C17H23N3/c1-4-16(19-5-2)14-6-8-15(9-7-14)20-17-12-18-11-10-13(17)3/h6-12,16,19-20H,4-5H2,1-3H3. The predicted octanol–water partition coefficient (Wildman–Crippen LogP) is 4.19. The molecule has 0 fully saturated rings. The molecule has 0 amide bonds. The summed E-state index contributed by atoms with van der Waals surface area (Å²) >= 11 is 0. The van der Waals surface area contributed by atoms with Crippen molar-refractivity contribution in [3.63, 3.8) is 0 Å². The Morgan fingerprint density at radius 3 is 2.45 bits per heavy atom. The predicted molar refractivity (Wildman–Crippen MR) is 85.4 cm³/mol. The Morgan fingerprint density at radius 1 is 1.10 bits per heavy atom. The van der Waals surface area contributed by atoms with Gasteiger partial charge in [-0.15, -0.1) is 0 Å². The van der Waals surface area contributed by atoms with Gasteiger partial charge in [-0.05, 0) is 49.2 Å². The van der Waals surface area contributed by atoms with Crippen LogP contribution in [-0.2, 0) is 0 Å². The van der Waals surface area contributed by atoms with E-state index in [2.05, 4.69) is 60.7 Å². The highest BCUT2D eigenvalue weighted by Crippen LogP contribution is 2.22. The van der Waals surface area contributed by atoms with Crippen LogP contribution in [0, 0.1) is 6.92 Å². The van der Waals surface area contributed by atoms with E-state index in [0.717, 1.165) is 24.3 Å². The van der Waals surface area contributed by atoms with E-state index in [1.807, 2.05) is 18.5 Å². The summed E-state index contributed by atoms with van der Waals surface area (Å²) in [5.41, 5.74) is 4.68. The summed E-state index contributed by atoms with van der Waals surface area (Å²) in [5, 5.41) is 6.90. The molecule has 2 rings (SSSR count). The molecule has 2 N–H and O–H groups in total. The van der Waals surface area contributed by atoms with E-state index in [-0.39, 0.29) is 0 Å². The summed E-state index contributed by atoms with van der Waals surface area (Å²) in [6, 6.07) is 11.1. The molecule has 1 atom stereocenters. The first kappa shape index (κ1) is 14.5. The number of aromatic nitrogens is 1. The summed E-state index contributed by atoms with van der Waals surface area (Å²) < 4.78 is 0. The zero-order valence-electron chi connectivity index (χ0n) is 12.5. The Hall–Kier alpha value is -1.87. The van der Waals surface area contributed by atoms with Gasteiger partial charge in [0.15, 0.2) is 0 Å². The van der Waals surface area contributed by atoms with E-state index in [1.54, 1.807) is 0 Å². The van der Waals surface area contributed by atoms with E-state index >= 15 is 0 Å². The van der Waals surface area contributed by atoms with Crippen LogP contribution in [0.25, 0.3) is 0 Å². The first-order valence-electron chi connectivity index (χ1n) is 7.25. The normalized spacial score (nSPS) is 12.2. The zero-order valence-corrected chi connectivity index (χ0v) is 12.5. The largest absolute Gasteiger partial charge is 0.354 e.